The molecule has 0 aromatic rings. The number of aliphatic hydroxyl groups excluding tert-OH is 1. The standard InChI is InChI=1S/C7H13N2O/c10-4-7-6-3-8-1-5(6)2-9-7/h5-7,9-10H,1-4H2. The predicted molar refractivity (Wildman–Crippen MR) is 37.7 cm³/mol. The molecule has 2 N–H and O–H groups in total. The maximum atomic E-state index is 8.91. The van der Waals surface area contributed by atoms with E-state index in [-0.39, 0.29) is 6.61 Å². The summed E-state index contributed by atoms with van der Waals surface area (Å²) in [7, 11) is 0. The van der Waals surface area contributed by atoms with E-state index in [0.29, 0.717) is 12.0 Å². The third kappa shape index (κ3) is 0.856. The summed E-state index contributed by atoms with van der Waals surface area (Å²) in [5.41, 5.74) is 0. The third-order valence-corrected chi connectivity index (χ3v) is 2.66. The number of nitrogens with one attached hydrogen (secondary N) is 1. The van der Waals surface area contributed by atoms with E-state index in [4.69, 9.17) is 5.11 Å². The molecule has 3 nitrogen and oxygen atoms in total. The fourth-order valence-electron chi connectivity index (χ4n) is 2.00. The van der Waals surface area contributed by atoms with Gasteiger partial charge in [-0.2, -0.15) is 0 Å². The first-order valence-electron chi connectivity index (χ1n) is 3.89. The normalized spacial score (nSPS) is 45.9. The molecular weight excluding hydrogens is 128 g/mol. The molecule has 3 heteroatoms. The van der Waals surface area contributed by atoms with Gasteiger partial charge in [0, 0.05) is 19.1 Å². The number of rotatable bonds is 1. The van der Waals surface area contributed by atoms with Crippen molar-refractivity contribution in [2.24, 2.45) is 11.8 Å². The number of aliphatic hydroxyl groups is 1. The molecule has 1 radical (unpaired) electrons. The lowest BCUT2D eigenvalue weighted by molar-refractivity contribution is 0.227. The fourth-order valence-corrected chi connectivity index (χ4v) is 2.00. The van der Waals surface area contributed by atoms with Gasteiger partial charge in [0.2, 0.25) is 0 Å². The minimum absolute atomic E-state index is 0.274. The summed E-state index contributed by atoms with van der Waals surface area (Å²) >= 11 is 0. The molecule has 0 aromatic carbocycles. The first-order chi connectivity index (χ1) is 4.92. The molecule has 2 rings (SSSR count). The van der Waals surface area contributed by atoms with Gasteiger partial charge in [0.1, 0.15) is 0 Å². The van der Waals surface area contributed by atoms with Crippen LogP contribution in [-0.2, 0) is 0 Å². The second kappa shape index (κ2) is 2.49. The molecule has 0 bridgehead atoms. The minimum atomic E-state index is 0.274. The highest BCUT2D eigenvalue weighted by Crippen LogP contribution is 2.25. The Morgan fingerprint density at radius 1 is 1.50 bits per heavy atom. The highest BCUT2D eigenvalue weighted by Gasteiger charge is 2.38. The van der Waals surface area contributed by atoms with Crippen molar-refractivity contribution >= 4 is 0 Å². The molecule has 2 aliphatic rings. The van der Waals surface area contributed by atoms with Gasteiger partial charge in [0.15, 0.2) is 0 Å². The van der Waals surface area contributed by atoms with Crippen LogP contribution >= 0.6 is 0 Å². The SMILES string of the molecule is OCC1NCC2C[N]CC21. The van der Waals surface area contributed by atoms with Crippen molar-refractivity contribution in [3.63, 3.8) is 0 Å². The van der Waals surface area contributed by atoms with E-state index in [9.17, 15) is 0 Å². The van der Waals surface area contributed by atoms with Gasteiger partial charge in [0.05, 0.1) is 6.61 Å². The summed E-state index contributed by atoms with van der Waals surface area (Å²) in [6, 6.07) is 0.330. The average molecular weight is 141 g/mol. The van der Waals surface area contributed by atoms with Crippen molar-refractivity contribution in [2.75, 3.05) is 26.2 Å². The average Bonchev–Trinajstić information content (AvgIpc) is 2.44. The van der Waals surface area contributed by atoms with Gasteiger partial charge < -0.3 is 10.4 Å². The van der Waals surface area contributed by atoms with Crippen molar-refractivity contribution in [3.05, 3.63) is 0 Å². The van der Waals surface area contributed by atoms with E-state index in [1.54, 1.807) is 0 Å². The monoisotopic (exact) mass is 141 g/mol. The molecule has 2 aliphatic heterocycles. The first-order valence-corrected chi connectivity index (χ1v) is 3.89. The van der Waals surface area contributed by atoms with Crippen LogP contribution < -0.4 is 10.6 Å². The van der Waals surface area contributed by atoms with Crippen LogP contribution in [0.1, 0.15) is 0 Å². The van der Waals surface area contributed by atoms with Crippen molar-refractivity contribution in [2.45, 2.75) is 6.04 Å². The van der Waals surface area contributed by atoms with E-state index in [1.807, 2.05) is 0 Å². The lowest BCUT2D eigenvalue weighted by Crippen LogP contribution is -2.32. The fraction of sp³-hybridized carbons (Fsp3) is 1.00. The molecule has 2 fully saturated rings. The summed E-state index contributed by atoms with van der Waals surface area (Å²) in [6.07, 6.45) is 0. The second-order valence-corrected chi connectivity index (χ2v) is 3.21. The van der Waals surface area contributed by atoms with Crippen molar-refractivity contribution in [3.8, 4) is 0 Å². The van der Waals surface area contributed by atoms with Gasteiger partial charge in [-0.3, -0.25) is 0 Å². The smallest absolute Gasteiger partial charge is 0.0587 e. The molecule has 10 heavy (non-hydrogen) atoms. The second-order valence-electron chi connectivity index (χ2n) is 3.21. The Morgan fingerprint density at radius 2 is 2.40 bits per heavy atom. The molecule has 57 valence electrons. The van der Waals surface area contributed by atoms with Crippen molar-refractivity contribution < 1.29 is 5.11 Å². The van der Waals surface area contributed by atoms with Crippen molar-refractivity contribution in [1.82, 2.24) is 10.6 Å². The van der Waals surface area contributed by atoms with Gasteiger partial charge >= 0.3 is 0 Å². The Kier molecular flexibility index (Phi) is 1.64. The number of nitrogens with zero attached hydrogens (tertiary/aromatic N) is 1. The van der Waals surface area contributed by atoms with Gasteiger partial charge in [-0.05, 0) is 18.4 Å². The molecule has 0 amide bonds. The zero-order valence-corrected chi connectivity index (χ0v) is 5.95. The largest absolute Gasteiger partial charge is 0.395 e. The Morgan fingerprint density at radius 3 is 3.20 bits per heavy atom. The molecule has 0 saturated carbocycles. The summed E-state index contributed by atoms with van der Waals surface area (Å²) in [6.45, 7) is 3.30. The number of hydrogen-bond acceptors (Lipinski definition) is 2. The molecule has 0 aliphatic carbocycles. The van der Waals surface area contributed by atoms with Crippen LogP contribution in [0, 0.1) is 11.8 Å². The van der Waals surface area contributed by atoms with Crippen LogP contribution in [0.3, 0.4) is 0 Å². The molecule has 2 saturated heterocycles. The Bertz CT molecular complexity index is 129. The lowest BCUT2D eigenvalue weighted by atomic mass is 9.95. The molecule has 2 heterocycles. The molecular formula is C7H13N2O. The Labute approximate surface area is 60.8 Å². The molecule has 3 atom stereocenters. The van der Waals surface area contributed by atoms with Gasteiger partial charge in [-0.25, -0.2) is 5.32 Å². The molecule has 0 aromatic heterocycles. The van der Waals surface area contributed by atoms with Gasteiger partial charge in [-0.15, -0.1) is 0 Å². The van der Waals surface area contributed by atoms with E-state index in [0.717, 1.165) is 25.6 Å². The van der Waals surface area contributed by atoms with Crippen LogP contribution in [0.15, 0.2) is 0 Å². The van der Waals surface area contributed by atoms with Crippen LogP contribution in [0.25, 0.3) is 0 Å². The Hall–Kier alpha value is -0.120. The van der Waals surface area contributed by atoms with E-state index in [1.165, 1.54) is 0 Å². The maximum Gasteiger partial charge on any atom is 0.0587 e. The molecule has 0 spiro atoms. The first kappa shape index (κ1) is 6.58. The summed E-state index contributed by atoms with van der Waals surface area (Å²) in [5.74, 6) is 1.35. The maximum absolute atomic E-state index is 8.91. The summed E-state index contributed by atoms with van der Waals surface area (Å²) < 4.78 is 0. The quantitative estimate of drug-likeness (QED) is 0.482. The van der Waals surface area contributed by atoms with Crippen LogP contribution in [-0.4, -0.2) is 37.4 Å². The van der Waals surface area contributed by atoms with Gasteiger partial charge in [-0.1, -0.05) is 0 Å². The van der Waals surface area contributed by atoms with E-state index < -0.39 is 0 Å². The van der Waals surface area contributed by atoms with Gasteiger partial charge in [0.25, 0.3) is 0 Å². The summed E-state index contributed by atoms with van der Waals surface area (Å²) in [5, 5.41) is 16.5. The number of hydrogen-bond donors (Lipinski definition) is 2. The van der Waals surface area contributed by atoms with Crippen LogP contribution in [0.4, 0.5) is 0 Å². The highest BCUT2D eigenvalue weighted by atomic mass is 16.3. The topological polar surface area (TPSA) is 46.4 Å². The van der Waals surface area contributed by atoms with E-state index >= 15 is 0 Å². The minimum Gasteiger partial charge on any atom is -0.395 e. The van der Waals surface area contributed by atoms with Crippen molar-refractivity contribution in [1.29, 1.82) is 0 Å². The van der Waals surface area contributed by atoms with Crippen LogP contribution in [0.5, 0.6) is 0 Å². The third-order valence-electron chi connectivity index (χ3n) is 2.66. The Balaban J connectivity index is 2.01. The molecule has 3 unspecified atom stereocenters. The zero-order chi connectivity index (χ0) is 6.97. The number of fused-ring (bicyclic) bond motifs is 1. The van der Waals surface area contributed by atoms with Crippen LogP contribution in [0.2, 0.25) is 0 Å². The zero-order valence-electron chi connectivity index (χ0n) is 5.95. The lowest BCUT2D eigenvalue weighted by Gasteiger charge is -2.13. The summed E-state index contributed by atoms with van der Waals surface area (Å²) in [4.78, 5) is 0. The predicted octanol–water partition coefficient (Wildman–Crippen LogP) is -1.20. The highest BCUT2D eigenvalue weighted by molar-refractivity contribution is 4.95. The van der Waals surface area contributed by atoms with E-state index in [2.05, 4.69) is 10.6 Å².